The van der Waals surface area contributed by atoms with Crippen LogP contribution >= 0.6 is 0 Å². The number of ether oxygens (including phenoxy) is 4. The molecule has 0 radical (unpaired) electrons. The number of aliphatic hydroxyl groups is 8. The van der Waals surface area contributed by atoms with E-state index in [2.05, 4.69) is 40.7 Å². The van der Waals surface area contributed by atoms with E-state index in [1.807, 2.05) is 0 Å². The number of esters is 1. The first-order chi connectivity index (χ1) is 26.6. The molecule has 7 rings (SSSR count). The number of hydrogen-bond acceptors (Lipinski definition) is 14. The van der Waals surface area contributed by atoms with Crippen LogP contribution in [-0.2, 0) is 28.5 Å². The molecule has 5 aliphatic carbocycles. The quantitative estimate of drug-likeness (QED) is 0.130. The Morgan fingerprint density at radius 3 is 2.04 bits per heavy atom. The van der Waals surface area contributed by atoms with Gasteiger partial charge in [0.05, 0.1) is 30.1 Å². The Morgan fingerprint density at radius 1 is 0.754 bits per heavy atom. The van der Waals surface area contributed by atoms with Gasteiger partial charge in [-0.05, 0) is 117 Å². The molecule has 0 spiro atoms. The van der Waals surface area contributed by atoms with Crippen LogP contribution in [0.15, 0.2) is 11.6 Å². The highest BCUT2D eigenvalue weighted by molar-refractivity contribution is 5.79. The summed E-state index contributed by atoms with van der Waals surface area (Å²) in [6, 6.07) is 0. The minimum absolute atomic E-state index is 0.0208. The van der Waals surface area contributed by atoms with E-state index in [-0.39, 0.29) is 45.8 Å². The highest BCUT2D eigenvalue weighted by Crippen LogP contribution is 2.77. The van der Waals surface area contributed by atoms with Crippen LogP contribution in [0.2, 0.25) is 0 Å². The Morgan fingerprint density at radius 2 is 1.39 bits per heavy atom. The van der Waals surface area contributed by atoms with Crippen LogP contribution in [0.3, 0.4) is 0 Å². The zero-order valence-electron chi connectivity index (χ0n) is 34.1. The summed E-state index contributed by atoms with van der Waals surface area (Å²) in [5, 5.41) is 94.7. The summed E-state index contributed by atoms with van der Waals surface area (Å²) in [5.41, 5.74) is -1.66. The molecule has 6 fully saturated rings. The van der Waals surface area contributed by atoms with Crippen LogP contribution in [0.5, 0.6) is 0 Å². The van der Waals surface area contributed by atoms with E-state index in [1.165, 1.54) is 5.57 Å². The maximum absolute atomic E-state index is 14.8. The normalized spacial score (nSPS) is 54.9. The van der Waals surface area contributed by atoms with Crippen LogP contribution in [0.4, 0.5) is 0 Å². The highest BCUT2D eigenvalue weighted by Gasteiger charge is 2.72. The molecule has 15 heteroatoms. The topological polar surface area (TPSA) is 253 Å². The van der Waals surface area contributed by atoms with Crippen molar-refractivity contribution in [3.05, 3.63) is 11.6 Å². The number of carbonyl (C=O) groups excluding carboxylic acids is 1. The standard InChI is InChI=1S/C42H66O15/c1-19-9-14-42(37(53)57-35-33(50)31(48)29(46)23(56-35)18-54-34-32(49)30(47)28(45)22(17-43)55-34)16-15-39(4)21(27(42)20(19)2)7-8-24-38(3)12-11-26(44)41(6,36(51)52)25(38)10-13-40(24,39)5/h9,20-35,43-50H,7-8,10-18H2,1-6H3,(H,51,52)/t20-,21?,22+,23+,24?,25?,26+,27?,28+,29+,30-,31-,32+,33+,34+,35-,38+,39+,40+,41-,42-/m0/s1. The fourth-order valence-electron chi connectivity index (χ4n) is 14.0. The first kappa shape index (κ1) is 43.3. The van der Waals surface area contributed by atoms with Crippen LogP contribution < -0.4 is 0 Å². The average Bonchev–Trinajstić information content (AvgIpc) is 3.17. The minimum atomic E-state index is -1.80. The van der Waals surface area contributed by atoms with Crippen molar-refractivity contribution in [2.75, 3.05) is 13.2 Å². The Kier molecular flexibility index (Phi) is 11.4. The maximum Gasteiger partial charge on any atom is 0.315 e. The van der Waals surface area contributed by atoms with E-state index in [1.54, 1.807) is 6.92 Å². The number of hydrogen-bond donors (Lipinski definition) is 9. The van der Waals surface area contributed by atoms with Crippen molar-refractivity contribution in [2.24, 2.45) is 56.7 Å². The molecular weight excluding hydrogens is 744 g/mol. The zero-order chi connectivity index (χ0) is 41.8. The molecule has 57 heavy (non-hydrogen) atoms. The number of carbonyl (C=O) groups is 2. The van der Waals surface area contributed by atoms with Gasteiger partial charge < -0.3 is 64.9 Å². The molecule has 0 aromatic carbocycles. The van der Waals surface area contributed by atoms with Gasteiger partial charge in [-0.15, -0.1) is 0 Å². The maximum atomic E-state index is 14.8. The lowest BCUT2D eigenvalue weighted by Crippen LogP contribution is -2.69. The van der Waals surface area contributed by atoms with Gasteiger partial charge in [-0.3, -0.25) is 9.59 Å². The molecule has 4 saturated carbocycles. The van der Waals surface area contributed by atoms with Crippen molar-refractivity contribution >= 4 is 11.9 Å². The Labute approximate surface area is 334 Å². The van der Waals surface area contributed by atoms with Gasteiger partial charge in [0.2, 0.25) is 6.29 Å². The van der Waals surface area contributed by atoms with Crippen molar-refractivity contribution in [3.8, 4) is 0 Å². The number of rotatable bonds is 7. The zero-order valence-corrected chi connectivity index (χ0v) is 34.1. The lowest BCUT2D eigenvalue weighted by atomic mass is 9.31. The van der Waals surface area contributed by atoms with Crippen molar-refractivity contribution in [2.45, 2.75) is 167 Å². The van der Waals surface area contributed by atoms with Gasteiger partial charge in [-0.25, -0.2) is 0 Å². The number of aliphatic carboxylic acids is 1. The summed E-state index contributed by atoms with van der Waals surface area (Å²) in [4.78, 5) is 27.6. The van der Waals surface area contributed by atoms with E-state index in [4.69, 9.17) is 18.9 Å². The van der Waals surface area contributed by atoms with Crippen molar-refractivity contribution < 1.29 is 74.5 Å². The lowest BCUT2D eigenvalue weighted by molar-refractivity contribution is -0.329. The van der Waals surface area contributed by atoms with Gasteiger partial charge in [0.1, 0.15) is 48.8 Å². The van der Waals surface area contributed by atoms with Gasteiger partial charge >= 0.3 is 11.9 Å². The van der Waals surface area contributed by atoms with Gasteiger partial charge in [-0.2, -0.15) is 0 Å². The van der Waals surface area contributed by atoms with E-state index in [0.29, 0.717) is 25.7 Å². The predicted octanol–water partition coefficient (Wildman–Crippen LogP) is 1.24. The Balaban J connectivity index is 1.12. The van der Waals surface area contributed by atoms with Crippen molar-refractivity contribution in [1.29, 1.82) is 0 Å². The Hall–Kier alpha value is -1.76. The molecule has 2 heterocycles. The summed E-state index contributed by atoms with van der Waals surface area (Å²) in [6.45, 7) is 11.8. The molecular formula is C42H66O15. The molecule has 21 atom stereocenters. The summed E-state index contributed by atoms with van der Waals surface area (Å²) >= 11 is 0. The number of allylic oxidation sites excluding steroid dienone is 2. The minimum Gasteiger partial charge on any atom is -0.481 e. The molecule has 0 bridgehead atoms. The fourth-order valence-corrected chi connectivity index (χ4v) is 14.0. The first-order valence-corrected chi connectivity index (χ1v) is 21.0. The molecule has 0 aromatic rings. The highest BCUT2D eigenvalue weighted by atomic mass is 16.7. The molecule has 9 N–H and O–H groups in total. The van der Waals surface area contributed by atoms with E-state index in [0.717, 1.165) is 32.1 Å². The van der Waals surface area contributed by atoms with E-state index in [9.17, 15) is 55.5 Å². The molecule has 2 aliphatic heterocycles. The molecule has 7 aliphatic rings. The first-order valence-electron chi connectivity index (χ1n) is 21.0. The third-order valence-corrected chi connectivity index (χ3v) is 17.8. The largest absolute Gasteiger partial charge is 0.481 e. The van der Waals surface area contributed by atoms with Crippen LogP contribution in [0, 0.1) is 56.7 Å². The second-order valence-electron chi connectivity index (χ2n) is 19.9. The third kappa shape index (κ3) is 6.22. The van der Waals surface area contributed by atoms with Gasteiger partial charge in [0.15, 0.2) is 6.29 Å². The van der Waals surface area contributed by atoms with Gasteiger partial charge in [-0.1, -0.05) is 39.3 Å². The second-order valence-corrected chi connectivity index (χ2v) is 19.9. The molecule has 0 amide bonds. The monoisotopic (exact) mass is 810 g/mol. The van der Waals surface area contributed by atoms with E-state index < -0.39 is 103 Å². The van der Waals surface area contributed by atoms with Crippen LogP contribution in [0.1, 0.15) is 99.3 Å². The molecule has 324 valence electrons. The van der Waals surface area contributed by atoms with Gasteiger partial charge in [0, 0.05) is 0 Å². The average molecular weight is 811 g/mol. The summed E-state index contributed by atoms with van der Waals surface area (Å²) in [7, 11) is 0. The van der Waals surface area contributed by atoms with Crippen LogP contribution in [-0.4, -0.2) is 139 Å². The summed E-state index contributed by atoms with van der Waals surface area (Å²) < 4.78 is 23.0. The molecule has 2 saturated heterocycles. The molecule has 15 nitrogen and oxygen atoms in total. The Bertz CT molecular complexity index is 1570. The summed E-state index contributed by atoms with van der Waals surface area (Å²) in [6.07, 6.45) is -8.88. The predicted molar refractivity (Wildman–Crippen MR) is 199 cm³/mol. The van der Waals surface area contributed by atoms with Gasteiger partial charge in [0.25, 0.3) is 0 Å². The van der Waals surface area contributed by atoms with Crippen LogP contribution in [0.25, 0.3) is 0 Å². The molecule has 4 unspecified atom stereocenters. The second kappa shape index (κ2) is 15.0. The molecule has 0 aromatic heterocycles. The third-order valence-electron chi connectivity index (χ3n) is 17.8. The summed E-state index contributed by atoms with van der Waals surface area (Å²) in [5.74, 6) is -1.43. The van der Waals surface area contributed by atoms with E-state index >= 15 is 0 Å². The number of carboxylic acid groups (broad SMARTS) is 1. The lowest BCUT2D eigenvalue weighted by Gasteiger charge is -2.73. The number of carboxylic acids is 1. The fraction of sp³-hybridized carbons (Fsp3) is 0.905. The number of fused-ring (bicyclic) bond motifs is 7. The smallest absolute Gasteiger partial charge is 0.315 e. The SMILES string of the molecule is CC1=CC[C@]2(C(=O)O[C@@H]3O[C@H](CO[C@@H]4O[C@H](CO)[C@@H](O)[C@H](O)[C@H]4O)[C@@H](O)[C@H](O)[C@H]3O)CC[C@]3(C)C(CCC4[C@@]5(C)CC[C@@H](O)[C@@](C)(C(=O)O)C5CC[C@]43C)C2[C@H]1C. The number of aliphatic hydroxyl groups excluding tert-OH is 8. The van der Waals surface area contributed by atoms with Crippen molar-refractivity contribution in [3.63, 3.8) is 0 Å². The van der Waals surface area contributed by atoms with Crippen molar-refractivity contribution in [1.82, 2.24) is 0 Å².